The minimum Gasteiger partial charge on any atom is -0.322 e. The van der Waals surface area contributed by atoms with Gasteiger partial charge in [0.1, 0.15) is 4.90 Å². The van der Waals surface area contributed by atoms with E-state index < -0.39 is 10.0 Å². The van der Waals surface area contributed by atoms with Crippen LogP contribution in [-0.4, -0.2) is 41.5 Å². The van der Waals surface area contributed by atoms with Crippen LogP contribution in [0.25, 0.3) is 5.69 Å². The average Bonchev–Trinajstić information content (AvgIpc) is 3.39. The lowest BCUT2D eigenvalue weighted by molar-refractivity contribution is 0.102. The van der Waals surface area contributed by atoms with Crippen LogP contribution >= 0.6 is 11.6 Å². The van der Waals surface area contributed by atoms with Crippen LogP contribution in [0.15, 0.2) is 53.4 Å². The van der Waals surface area contributed by atoms with Gasteiger partial charge in [-0.1, -0.05) is 11.6 Å². The van der Waals surface area contributed by atoms with Crippen molar-refractivity contribution >= 4 is 33.2 Å². The maximum absolute atomic E-state index is 12.9. The SMILES string of the molecule is Cc1cc(C)n(-c2ccc(C(=O)Nc3ccc(Cl)c(S(=O)(=O)N4CCCC4)c3)cc2)n1. The number of benzene rings is 2. The van der Waals surface area contributed by atoms with Gasteiger partial charge in [-0.2, -0.15) is 9.40 Å². The van der Waals surface area contributed by atoms with Crippen LogP contribution in [0.4, 0.5) is 5.69 Å². The molecule has 1 aromatic heterocycles. The van der Waals surface area contributed by atoms with E-state index in [2.05, 4.69) is 10.4 Å². The zero-order chi connectivity index (χ0) is 22.2. The van der Waals surface area contributed by atoms with Crippen molar-refractivity contribution in [3.63, 3.8) is 0 Å². The normalized spacial score (nSPS) is 14.7. The summed E-state index contributed by atoms with van der Waals surface area (Å²) in [6.07, 6.45) is 1.67. The fourth-order valence-corrected chi connectivity index (χ4v) is 5.71. The molecule has 9 heteroatoms. The fraction of sp³-hybridized carbons (Fsp3) is 0.273. The Bertz CT molecular complexity index is 1230. The summed E-state index contributed by atoms with van der Waals surface area (Å²) in [5, 5.41) is 7.34. The minimum atomic E-state index is -3.69. The number of sulfonamides is 1. The summed E-state index contributed by atoms with van der Waals surface area (Å²) in [5.41, 5.74) is 3.59. The van der Waals surface area contributed by atoms with Crippen molar-refractivity contribution in [2.75, 3.05) is 18.4 Å². The first-order valence-corrected chi connectivity index (χ1v) is 11.8. The Hall–Kier alpha value is -2.68. The lowest BCUT2D eigenvalue weighted by Gasteiger charge is -2.17. The summed E-state index contributed by atoms with van der Waals surface area (Å²) in [6, 6.07) is 13.5. The van der Waals surface area contributed by atoms with E-state index in [1.165, 1.54) is 16.4 Å². The molecule has 31 heavy (non-hydrogen) atoms. The van der Waals surface area contributed by atoms with Crippen LogP contribution in [0.1, 0.15) is 34.6 Å². The van der Waals surface area contributed by atoms with Crippen molar-refractivity contribution in [2.45, 2.75) is 31.6 Å². The largest absolute Gasteiger partial charge is 0.322 e. The number of hydrogen-bond donors (Lipinski definition) is 1. The summed E-state index contributed by atoms with van der Waals surface area (Å²) in [6.45, 7) is 4.86. The van der Waals surface area contributed by atoms with Crippen molar-refractivity contribution in [2.24, 2.45) is 0 Å². The quantitative estimate of drug-likeness (QED) is 0.621. The van der Waals surface area contributed by atoms with Gasteiger partial charge >= 0.3 is 0 Å². The van der Waals surface area contributed by atoms with Crippen molar-refractivity contribution < 1.29 is 13.2 Å². The molecule has 162 valence electrons. The molecule has 2 aromatic carbocycles. The highest BCUT2D eigenvalue weighted by Gasteiger charge is 2.29. The highest BCUT2D eigenvalue weighted by molar-refractivity contribution is 7.89. The maximum atomic E-state index is 12.9. The Balaban J connectivity index is 1.54. The maximum Gasteiger partial charge on any atom is 0.255 e. The van der Waals surface area contributed by atoms with E-state index in [1.807, 2.05) is 36.7 Å². The van der Waals surface area contributed by atoms with Gasteiger partial charge in [-0.05, 0) is 75.2 Å². The first-order valence-electron chi connectivity index (χ1n) is 10.0. The van der Waals surface area contributed by atoms with Crippen LogP contribution in [0, 0.1) is 13.8 Å². The van der Waals surface area contributed by atoms with Crippen LogP contribution in [0.5, 0.6) is 0 Å². The third kappa shape index (κ3) is 4.37. The number of carbonyl (C=O) groups is 1. The molecule has 1 fully saturated rings. The molecular formula is C22H23ClN4O3S. The molecule has 1 saturated heterocycles. The number of hydrogen-bond acceptors (Lipinski definition) is 4. The smallest absolute Gasteiger partial charge is 0.255 e. The van der Waals surface area contributed by atoms with Crippen LogP contribution in [0.2, 0.25) is 5.02 Å². The van der Waals surface area contributed by atoms with E-state index in [0.29, 0.717) is 24.3 Å². The zero-order valence-corrected chi connectivity index (χ0v) is 18.9. The lowest BCUT2D eigenvalue weighted by Crippen LogP contribution is -2.28. The van der Waals surface area contributed by atoms with Gasteiger partial charge in [0.2, 0.25) is 10.0 Å². The van der Waals surface area contributed by atoms with Crippen molar-refractivity contribution in [1.29, 1.82) is 0 Å². The van der Waals surface area contributed by atoms with Gasteiger partial charge in [0.15, 0.2) is 0 Å². The Morgan fingerprint density at radius 1 is 1.03 bits per heavy atom. The third-order valence-corrected chi connectivity index (χ3v) is 7.64. The predicted molar refractivity (Wildman–Crippen MR) is 120 cm³/mol. The molecule has 0 saturated carbocycles. The first-order chi connectivity index (χ1) is 14.8. The minimum absolute atomic E-state index is 0.00809. The molecule has 0 bridgehead atoms. The number of rotatable bonds is 5. The average molecular weight is 459 g/mol. The number of aromatic nitrogens is 2. The number of amides is 1. The Morgan fingerprint density at radius 3 is 2.32 bits per heavy atom. The van der Waals surface area contributed by atoms with E-state index in [1.54, 1.807) is 18.2 Å². The Labute approximate surface area is 186 Å². The van der Waals surface area contributed by atoms with Gasteiger partial charge < -0.3 is 5.32 Å². The zero-order valence-electron chi connectivity index (χ0n) is 17.3. The third-order valence-electron chi connectivity index (χ3n) is 5.26. The fourth-order valence-electron chi connectivity index (χ4n) is 3.69. The molecule has 1 amide bonds. The van der Waals surface area contributed by atoms with Crippen molar-refractivity contribution in [3.05, 3.63) is 70.5 Å². The van der Waals surface area contributed by atoms with Gasteiger partial charge in [0.25, 0.3) is 5.91 Å². The van der Waals surface area contributed by atoms with E-state index >= 15 is 0 Å². The second-order valence-electron chi connectivity index (χ2n) is 7.60. The topological polar surface area (TPSA) is 84.3 Å². The molecule has 0 spiro atoms. The summed E-state index contributed by atoms with van der Waals surface area (Å²) in [7, 11) is -3.69. The molecule has 3 aromatic rings. The molecular weight excluding hydrogens is 436 g/mol. The van der Waals surface area contributed by atoms with E-state index in [9.17, 15) is 13.2 Å². The standard InChI is InChI=1S/C22H23ClN4O3S/c1-15-13-16(2)27(25-15)19-8-5-17(6-9-19)22(28)24-18-7-10-20(23)21(14-18)31(29,30)26-11-3-4-12-26/h5-10,13-14H,3-4,11-12H2,1-2H3,(H,24,28). The molecule has 0 unspecified atom stereocenters. The number of nitrogens with one attached hydrogen (secondary N) is 1. The summed E-state index contributed by atoms with van der Waals surface area (Å²) < 4.78 is 29.0. The Morgan fingerprint density at radius 2 is 1.71 bits per heavy atom. The molecule has 2 heterocycles. The second-order valence-corrected chi connectivity index (χ2v) is 9.91. The first kappa shape index (κ1) is 21.5. The monoisotopic (exact) mass is 458 g/mol. The van der Waals surface area contributed by atoms with Crippen molar-refractivity contribution in [3.8, 4) is 5.69 Å². The summed E-state index contributed by atoms with van der Waals surface area (Å²) in [5.74, 6) is -0.341. The number of nitrogens with zero attached hydrogens (tertiary/aromatic N) is 3. The van der Waals surface area contributed by atoms with Crippen LogP contribution < -0.4 is 5.32 Å². The number of carbonyl (C=O) groups excluding carboxylic acids is 1. The van der Waals surface area contributed by atoms with E-state index in [0.717, 1.165) is 29.9 Å². The second kappa shape index (κ2) is 8.45. The number of aryl methyl sites for hydroxylation is 2. The summed E-state index contributed by atoms with van der Waals surface area (Å²) >= 11 is 6.18. The van der Waals surface area contributed by atoms with Crippen LogP contribution in [0.3, 0.4) is 0 Å². The lowest BCUT2D eigenvalue weighted by atomic mass is 10.2. The van der Waals surface area contributed by atoms with E-state index in [-0.39, 0.29) is 15.8 Å². The molecule has 0 atom stereocenters. The van der Waals surface area contributed by atoms with Crippen LogP contribution in [-0.2, 0) is 10.0 Å². The molecule has 1 aliphatic heterocycles. The molecule has 1 aliphatic rings. The molecule has 7 nitrogen and oxygen atoms in total. The summed E-state index contributed by atoms with van der Waals surface area (Å²) in [4.78, 5) is 12.7. The van der Waals surface area contributed by atoms with Gasteiger partial charge in [-0.3, -0.25) is 4.79 Å². The van der Waals surface area contributed by atoms with Crippen molar-refractivity contribution in [1.82, 2.24) is 14.1 Å². The number of anilines is 1. The Kier molecular flexibility index (Phi) is 5.88. The van der Waals surface area contributed by atoms with Gasteiger partial charge in [0.05, 0.1) is 16.4 Å². The van der Waals surface area contributed by atoms with Gasteiger partial charge in [-0.25, -0.2) is 13.1 Å². The van der Waals surface area contributed by atoms with Gasteiger partial charge in [0, 0.05) is 30.0 Å². The molecule has 0 radical (unpaired) electrons. The van der Waals surface area contributed by atoms with Gasteiger partial charge in [-0.15, -0.1) is 0 Å². The highest BCUT2D eigenvalue weighted by Crippen LogP contribution is 2.30. The highest BCUT2D eigenvalue weighted by atomic mass is 35.5. The van der Waals surface area contributed by atoms with E-state index in [4.69, 9.17) is 11.6 Å². The molecule has 4 rings (SSSR count). The number of halogens is 1. The molecule has 1 N–H and O–H groups in total. The predicted octanol–water partition coefficient (Wildman–Crippen LogP) is 4.18. The molecule has 0 aliphatic carbocycles.